The van der Waals surface area contributed by atoms with E-state index in [9.17, 15) is 4.79 Å². The van der Waals surface area contributed by atoms with Crippen LogP contribution < -0.4 is 5.56 Å². The van der Waals surface area contributed by atoms with E-state index in [0.29, 0.717) is 6.04 Å². The molecule has 25 heavy (non-hydrogen) atoms. The lowest BCUT2D eigenvalue weighted by atomic mass is 10.0. The third-order valence-electron chi connectivity index (χ3n) is 5.32. The van der Waals surface area contributed by atoms with Crippen LogP contribution in [0.4, 0.5) is 0 Å². The van der Waals surface area contributed by atoms with Crippen LogP contribution in [0, 0.1) is 13.8 Å². The molecule has 138 valence electrons. The van der Waals surface area contributed by atoms with Crippen molar-refractivity contribution >= 4 is 33.3 Å². The van der Waals surface area contributed by atoms with Gasteiger partial charge in [0.05, 0.1) is 5.39 Å². The van der Waals surface area contributed by atoms with Crippen molar-refractivity contribution in [3.63, 3.8) is 0 Å². The molecule has 1 aliphatic heterocycles. The lowest BCUT2D eigenvalue weighted by Crippen LogP contribution is -2.36. The van der Waals surface area contributed by atoms with Gasteiger partial charge in [0.2, 0.25) is 0 Å². The molecule has 0 amide bonds. The fourth-order valence-corrected chi connectivity index (χ4v) is 5.88. The number of piperidine rings is 1. The predicted molar refractivity (Wildman–Crippen MR) is 109 cm³/mol. The van der Waals surface area contributed by atoms with Crippen LogP contribution in [0.3, 0.4) is 0 Å². The van der Waals surface area contributed by atoms with Crippen molar-refractivity contribution < 1.29 is 0 Å². The Morgan fingerprint density at radius 1 is 1.32 bits per heavy atom. The Balaban J connectivity index is 1.85. The van der Waals surface area contributed by atoms with Gasteiger partial charge in [-0.05, 0) is 66.1 Å². The molecule has 2 aromatic rings. The molecule has 0 spiro atoms. The highest BCUT2D eigenvalue weighted by Gasteiger charge is 2.21. The molecule has 0 aliphatic carbocycles. The number of aromatic nitrogens is 2. The standard InChI is InChI=1S/C19H29N3OS2/c1-12(2)22-18(23)16-13(3)14(4)25-17(16)20-19(22)24-11-9-15-8-6-7-10-21(15)5/h12,15H,6-11H2,1-5H3. The van der Waals surface area contributed by atoms with E-state index in [4.69, 9.17) is 4.98 Å². The highest BCUT2D eigenvalue weighted by molar-refractivity contribution is 7.99. The van der Waals surface area contributed by atoms with E-state index in [1.165, 1.54) is 30.7 Å². The van der Waals surface area contributed by atoms with E-state index < -0.39 is 0 Å². The highest BCUT2D eigenvalue weighted by Crippen LogP contribution is 2.30. The number of thiophene rings is 1. The summed E-state index contributed by atoms with van der Waals surface area (Å²) in [5.74, 6) is 1.02. The Morgan fingerprint density at radius 3 is 2.76 bits per heavy atom. The highest BCUT2D eigenvalue weighted by atomic mass is 32.2. The Morgan fingerprint density at radius 2 is 2.08 bits per heavy atom. The van der Waals surface area contributed by atoms with E-state index in [1.807, 2.05) is 11.5 Å². The first-order valence-corrected chi connectivity index (χ1v) is 11.1. The van der Waals surface area contributed by atoms with Gasteiger partial charge in [0, 0.05) is 22.7 Å². The average molecular weight is 380 g/mol. The molecule has 1 fully saturated rings. The molecule has 1 aliphatic rings. The number of hydrogen-bond donors (Lipinski definition) is 0. The second kappa shape index (κ2) is 7.80. The fraction of sp³-hybridized carbons (Fsp3) is 0.684. The van der Waals surface area contributed by atoms with Crippen molar-refractivity contribution in [3.8, 4) is 0 Å². The Kier molecular flexibility index (Phi) is 5.91. The Labute approximate surface area is 158 Å². The average Bonchev–Trinajstić information content (AvgIpc) is 2.83. The van der Waals surface area contributed by atoms with E-state index in [0.717, 1.165) is 33.1 Å². The molecular weight excluding hydrogens is 350 g/mol. The second-order valence-electron chi connectivity index (χ2n) is 7.39. The zero-order chi connectivity index (χ0) is 18.1. The molecule has 0 bridgehead atoms. The number of rotatable bonds is 5. The number of hydrogen-bond acceptors (Lipinski definition) is 5. The van der Waals surface area contributed by atoms with Gasteiger partial charge in [-0.2, -0.15) is 0 Å². The van der Waals surface area contributed by atoms with E-state index in [-0.39, 0.29) is 11.6 Å². The molecule has 0 aromatic carbocycles. The first-order valence-electron chi connectivity index (χ1n) is 9.25. The minimum Gasteiger partial charge on any atom is -0.303 e. The summed E-state index contributed by atoms with van der Waals surface area (Å²) in [6.07, 6.45) is 5.12. The van der Waals surface area contributed by atoms with Gasteiger partial charge in [0.25, 0.3) is 5.56 Å². The third-order valence-corrected chi connectivity index (χ3v) is 7.41. The number of nitrogens with zero attached hydrogens (tertiary/aromatic N) is 3. The largest absolute Gasteiger partial charge is 0.303 e. The van der Waals surface area contributed by atoms with Crippen LogP contribution in [0.1, 0.15) is 56.0 Å². The fourth-order valence-electron chi connectivity index (χ4n) is 3.64. The van der Waals surface area contributed by atoms with Crippen molar-refractivity contribution in [3.05, 3.63) is 20.8 Å². The molecule has 6 heteroatoms. The van der Waals surface area contributed by atoms with Crippen LogP contribution in [0.2, 0.25) is 0 Å². The van der Waals surface area contributed by atoms with Crippen molar-refractivity contribution in [2.24, 2.45) is 0 Å². The van der Waals surface area contributed by atoms with E-state index >= 15 is 0 Å². The van der Waals surface area contributed by atoms with Crippen molar-refractivity contribution in [2.45, 2.75) is 70.6 Å². The number of fused-ring (bicyclic) bond motifs is 1. The summed E-state index contributed by atoms with van der Waals surface area (Å²) < 4.78 is 1.89. The van der Waals surface area contributed by atoms with Gasteiger partial charge in [-0.1, -0.05) is 18.2 Å². The summed E-state index contributed by atoms with van der Waals surface area (Å²) >= 11 is 3.39. The molecule has 0 N–H and O–H groups in total. The summed E-state index contributed by atoms with van der Waals surface area (Å²) in [6, 6.07) is 0.805. The summed E-state index contributed by atoms with van der Waals surface area (Å²) in [5.41, 5.74) is 1.21. The molecule has 1 atom stereocenters. The van der Waals surface area contributed by atoms with Gasteiger partial charge in [-0.25, -0.2) is 4.98 Å². The zero-order valence-electron chi connectivity index (χ0n) is 16.0. The van der Waals surface area contributed by atoms with Gasteiger partial charge in [-0.3, -0.25) is 9.36 Å². The van der Waals surface area contributed by atoms with E-state index in [2.05, 4.69) is 32.7 Å². The van der Waals surface area contributed by atoms with Crippen LogP contribution in [0.5, 0.6) is 0 Å². The molecule has 0 radical (unpaired) electrons. The maximum absolute atomic E-state index is 13.0. The lowest BCUT2D eigenvalue weighted by Gasteiger charge is -2.32. The van der Waals surface area contributed by atoms with Gasteiger partial charge in [-0.15, -0.1) is 11.3 Å². The maximum Gasteiger partial charge on any atom is 0.263 e. The maximum atomic E-state index is 13.0. The van der Waals surface area contributed by atoms with Gasteiger partial charge < -0.3 is 4.90 Å². The summed E-state index contributed by atoms with van der Waals surface area (Å²) in [4.78, 5) is 22.5. The van der Waals surface area contributed by atoms with Crippen molar-refractivity contribution in [1.29, 1.82) is 0 Å². The minimum atomic E-state index is 0.124. The Hall–Kier alpha value is -0.850. The second-order valence-corrected chi connectivity index (χ2v) is 9.66. The minimum absolute atomic E-state index is 0.124. The number of aryl methyl sites for hydroxylation is 2. The molecule has 1 saturated heterocycles. The van der Waals surface area contributed by atoms with Gasteiger partial charge in [0.15, 0.2) is 5.16 Å². The molecule has 0 saturated carbocycles. The first kappa shape index (κ1) is 18.9. The molecule has 3 rings (SSSR count). The topological polar surface area (TPSA) is 38.1 Å². The monoisotopic (exact) mass is 379 g/mol. The number of likely N-dealkylation sites (tertiary alicyclic amines) is 1. The molecule has 2 aromatic heterocycles. The molecule has 4 nitrogen and oxygen atoms in total. The predicted octanol–water partition coefficient (Wildman–Crippen LogP) is 4.62. The van der Waals surface area contributed by atoms with Crippen LogP contribution in [-0.4, -0.2) is 39.8 Å². The van der Waals surface area contributed by atoms with Crippen LogP contribution in [0.25, 0.3) is 10.2 Å². The normalized spacial score (nSPS) is 19.2. The summed E-state index contributed by atoms with van der Waals surface area (Å²) in [6.45, 7) is 9.47. The number of thioether (sulfide) groups is 1. The zero-order valence-corrected chi connectivity index (χ0v) is 17.6. The van der Waals surface area contributed by atoms with Crippen LogP contribution in [-0.2, 0) is 0 Å². The summed E-state index contributed by atoms with van der Waals surface area (Å²) in [5, 5.41) is 1.69. The van der Waals surface area contributed by atoms with Gasteiger partial charge in [0.1, 0.15) is 4.83 Å². The first-order chi connectivity index (χ1) is 11.9. The Bertz CT molecular complexity index is 809. The third kappa shape index (κ3) is 3.81. The van der Waals surface area contributed by atoms with Crippen molar-refractivity contribution in [2.75, 3.05) is 19.3 Å². The quantitative estimate of drug-likeness (QED) is 0.561. The van der Waals surface area contributed by atoms with Crippen LogP contribution >= 0.6 is 23.1 Å². The molecule has 1 unspecified atom stereocenters. The SMILES string of the molecule is Cc1sc2nc(SCCC3CCCCN3C)n(C(C)C)c(=O)c2c1C. The molecule has 3 heterocycles. The summed E-state index contributed by atoms with van der Waals surface area (Å²) in [7, 11) is 2.24. The van der Waals surface area contributed by atoms with E-state index in [1.54, 1.807) is 23.1 Å². The van der Waals surface area contributed by atoms with Gasteiger partial charge >= 0.3 is 0 Å². The smallest absolute Gasteiger partial charge is 0.263 e. The molecular formula is C19H29N3OS2. The van der Waals surface area contributed by atoms with Crippen LogP contribution in [0.15, 0.2) is 9.95 Å². The van der Waals surface area contributed by atoms with Crippen molar-refractivity contribution in [1.82, 2.24) is 14.5 Å². The lowest BCUT2D eigenvalue weighted by molar-refractivity contribution is 0.182.